The van der Waals surface area contributed by atoms with Crippen LogP contribution in [0.3, 0.4) is 0 Å². The third kappa shape index (κ3) is 4.05. The number of nitrogens with zero attached hydrogens (tertiary/aromatic N) is 1. The van der Waals surface area contributed by atoms with Crippen LogP contribution < -0.4 is 10.0 Å². The molecule has 1 heterocycles. The molecule has 1 aliphatic carbocycles. The highest BCUT2D eigenvalue weighted by Gasteiger charge is 2.22. The van der Waals surface area contributed by atoms with E-state index in [1.165, 1.54) is 12.8 Å². The lowest BCUT2D eigenvalue weighted by atomic mass is 10.4. The lowest BCUT2D eigenvalue weighted by Gasteiger charge is -2.10. The molecule has 1 aromatic heterocycles. The van der Waals surface area contributed by atoms with E-state index in [0.717, 1.165) is 5.69 Å². The third-order valence-electron chi connectivity index (χ3n) is 3.51. The fourth-order valence-electron chi connectivity index (χ4n) is 1.83. The molecule has 0 aromatic carbocycles. The molecule has 0 spiro atoms. The fraction of sp³-hybridized carbons (Fsp3) is 0.692. The van der Waals surface area contributed by atoms with E-state index in [9.17, 15) is 8.42 Å². The molecule has 0 saturated heterocycles. The minimum atomic E-state index is -3.47. The van der Waals surface area contributed by atoms with E-state index in [4.69, 9.17) is 4.74 Å². The van der Waals surface area contributed by atoms with Gasteiger partial charge < -0.3 is 14.6 Å². The fourth-order valence-corrected chi connectivity index (χ4v) is 3.04. The van der Waals surface area contributed by atoms with Gasteiger partial charge in [-0.25, -0.2) is 13.1 Å². The molecule has 1 fully saturated rings. The first-order valence-corrected chi connectivity index (χ1v) is 8.32. The van der Waals surface area contributed by atoms with E-state index >= 15 is 0 Å². The summed E-state index contributed by atoms with van der Waals surface area (Å²) in [4.78, 5) is 0.302. The van der Waals surface area contributed by atoms with Gasteiger partial charge in [0.05, 0.1) is 11.0 Å². The molecule has 2 rings (SSSR count). The molecule has 0 amide bonds. The van der Waals surface area contributed by atoms with E-state index in [1.807, 2.05) is 18.5 Å². The van der Waals surface area contributed by atoms with Crippen LogP contribution in [-0.4, -0.2) is 38.8 Å². The summed E-state index contributed by atoms with van der Waals surface area (Å²) in [7, 11) is -0.0482. The average Bonchev–Trinajstić information content (AvgIpc) is 3.16. The van der Waals surface area contributed by atoms with Crippen molar-refractivity contribution < 1.29 is 13.2 Å². The highest BCUT2D eigenvalue weighted by Crippen LogP contribution is 2.20. The lowest BCUT2D eigenvalue weighted by Crippen LogP contribution is -2.31. The van der Waals surface area contributed by atoms with Crippen LogP contribution in [0.4, 0.5) is 0 Å². The maximum absolute atomic E-state index is 12.2. The van der Waals surface area contributed by atoms with Gasteiger partial charge in [-0.15, -0.1) is 0 Å². The molecule has 114 valence electrons. The van der Waals surface area contributed by atoms with Crippen molar-refractivity contribution in [3.05, 3.63) is 18.0 Å². The Morgan fingerprint density at radius 3 is 2.80 bits per heavy atom. The predicted molar refractivity (Wildman–Crippen MR) is 76.9 cm³/mol. The Kier molecular flexibility index (Phi) is 4.85. The van der Waals surface area contributed by atoms with Crippen molar-refractivity contribution in [2.45, 2.75) is 43.4 Å². The number of sulfonamides is 1. The summed E-state index contributed by atoms with van der Waals surface area (Å²) in [6, 6.07) is 2.32. The number of nitrogens with one attached hydrogen (secondary N) is 2. The molecular formula is C13H23N3O3S. The van der Waals surface area contributed by atoms with Gasteiger partial charge in [0.15, 0.2) is 0 Å². The van der Waals surface area contributed by atoms with Crippen molar-refractivity contribution in [1.29, 1.82) is 0 Å². The van der Waals surface area contributed by atoms with Crippen LogP contribution in [0.1, 0.15) is 25.5 Å². The van der Waals surface area contributed by atoms with Crippen LogP contribution in [0.25, 0.3) is 0 Å². The summed E-state index contributed by atoms with van der Waals surface area (Å²) in [6.07, 6.45) is 3.92. The van der Waals surface area contributed by atoms with Gasteiger partial charge in [0.25, 0.3) is 0 Å². The predicted octanol–water partition coefficient (Wildman–Crippen LogP) is 0.590. The molecule has 0 bridgehead atoms. The largest absolute Gasteiger partial charge is 0.380 e. The summed E-state index contributed by atoms with van der Waals surface area (Å²) in [5, 5.41) is 3.38. The molecule has 2 N–H and O–H groups in total. The summed E-state index contributed by atoms with van der Waals surface area (Å²) in [6.45, 7) is 2.78. The molecule has 1 aliphatic rings. The van der Waals surface area contributed by atoms with Crippen LogP contribution >= 0.6 is 0 Å². The van der Waals surface area contributed by atoms with Crippen molar-refractivity contribution in [3.8, 4) is 0 Å². The molecule has 1 aromatic rings. The van der Waals surface area contributed by atoms with Crippen molar-refractivity contribution in [1.82, 2.24) is 14.6 Å². The van der Waals surface area contributed by atoms with Crippen molar-refractivity contribution in [2.24, 2.45) is 7.05 Å². The SMILES string of the molecule is COC(C)CNS(=O)(=O)c1cc(CNC2CC2)n(C)c1. The maximum Gasteiger partial charge on any atom is 0.242 e. The molecule has 1 atom stereocenters. The molecule has 0 aliphatic heterocycles. The van der Waals surface area contributed by atoms with E-state index in [0.29, 0.717) is 17.5 Å². The molecule has 20 heavy (non-hydrogen) atoms. The van der Waals surface area contributed by atoms with Crippen molar-refractivity contribution >= 4 is 10.0 Å². The highest BCUT2D eigenvalue weighted by molar-refractivity contribution is 7.89. The Labute approximate surface area is 120 Å². The minimum Gasteiger partial charge on any atom is -0.380 e. The zero-order chi connectivity index (χ0) is 14.8. The number of hydrogen-bond acceptors (Lipinski definition) is 4. The summed E-state index contributed by atoms with van der Waals surface area (Å²) < 4.78 is 33.8. The number of aryl methyl sites for hydroxylation is 1. The van der Waals surface area contributed by atoms with Gasteiger partial charge in [0.2, 0.25) is 10.0 Å². The second kappa shape index (κ2) is 6.26. The van der Waals surface area contributed by atoms with Crippen LogP contribution in [0, 0.1) is 0 Å². The smallest absolute Gasteiger partial charge is 0.242 e. The maximum atomic E-state index is 12.2. The number of methoxy groups -OCH3 is 1. The van der Waals surface area contributed by atoms with Crippen LogP contribution in [-0.2, 0) is 28.4 Å². The third-order valence-corrected chi connectivity index (χ3v) is 4.90. The highest BCUT2D eigenvalue weighted by atomic mass is 32.2. The van der Waals surface area contributed by atoms with E-state index in [-0.39, 0.29) is 12.6 Å². The van der Waals surface area contributed by atoms with E-state index < -0.39 is 10.0 Å². The van der Waals surface area contributed by atoms with Gasteiger partial charge in [-0.2, -0.15) is 0 Å². The van der Waals surface area contributed by atoms with Crippen LogP contribution in [0.2, 0.25) is 0 Å². The standard InChI is InChI=1S/C13H23N3O3S/c1-10(19-3)7-15-20(17,18)13-6-12(16(2)9-13)8-14-11-4-5-11/h6,9-11,14-15H,4-5,7-8H2,1-3H3. The Morgan fingerprint density at radius 1 is 1.50 bits per heavy atom. The van der Waals surface area contributed by atoms with Crippen molar-refractivity contribution in [3.63, 3.8) is 0 Å². The molecular weight excluding hydrogens is 278 g/mol. The van der Waals surface area contributed by atoms with Crippen LogP contribution in [0.5, 0.6) is 0 Å². The van der Waals surface area contributed by atoms with Gasteiger partial charge in [-0.05, 0) is 25.8 Å². The second-order valence-corrected chi connectivity index (χ2v) is 7.10. The topological polar surface area (TPSA) is 72.4 Å². The second-order valence-electron chi connectivity index (χ2n) is 5.33. The summed E-state index contributed by atoms with van der Waals surface area (Å²) in [5.74, 6) is 0. The monoisotopic (exact) mass is 301 g/mol. The summed E-state index contributed by atoms with van der Waals surface area (Å²) >= 11 is 0. The first-order valence-electron chi connectivity index (χ1n) is 6.83. The van der Waals surface area contributed by atoms with Gasteiger partial charge in [-0.1, -0.05) is 0 Å². The first-order chi connectivity index (χ1) is 9.42. The average molecular weight is 301 g/mol. The lowest BCUT2D eigenvalue weighted by molar-refractivity contribution is 0.122. The van der Waals surface area contributed by atoms with Crippen molar-refractivity contribution in [2.75, 3.05) is 13.7 Å². The van der Waals surface area contributed by atoms with Gasteiger partial charge in [0, 0.05) is 45.2 Å². The number of aromatic nitrogens is 1. The Bertz CT molecular complexity index is 549. The Morgan fingerprint density at radius 2 is 2.20 bits per heavy atom. The molecule has 6 nitrogen and oxygen atoms in total. The molecule has 7 heteroatoms. The minimum absolute atomic E-state index is 0.149. The summed E-state index contributed by atoms with van der Waals surface area (Å²) in [5.41, 5.74) is 0.970. The van der Waals surface area contributed by atoms with E-state index in [1.54, 1.807) is 19.4 Å². The van der Waals surface area contributed by atoms with Gasteiger partial charge in [0.1, 0.15) is 0 Å². The molecule has 0 radical (unpaired) electrons. The Balaban J connectivity index is 2.01. The first kappa shape index (κ1) is 15.5. The quantitative estimate of drug-likeness (QED) is 0.737. The molecule has 1 saturated carbocycles. The van der Waals surface area contributed by atoms with E-state index in [2.05, 4.69) is 10.0 Å². The normalized spacial score (nSPS) is 17.4. The van der Waals surface area contributed by atoms with Crippen LogP contribution in [0.15, 0.2) is 17.2 Å². The Hall–Kier alpha value is -0.890. The van der Waals surface area contributed by atoms with Gasteiger partial charge >= 0.3 is 0 Å². The number of ether oxygens (including phenoxy) is 1. The number of rotatable bonds is 8. The zero-order valence-electron chi connectivity index (χ0n) is 12.2. The molecule has 1 unspecified atom stereocenters. The van der Waals surface area contributed by atoms with Gasteiger partial charge in [-0.3, -0.25) is 0 Å². The number of hydrogen-bond donors (Lipinski definition) is 2. The zero-order valence-corrected chi connectivity index (χ0v) is 13.0.